The number of aromatic nitrogens is 3. The van der Waals surface area contributed by atoms with Crippen molar-refractivity contribution in [2.24, 2.45) is 0 Å². The van der Waals surface area contributed by atoms with Gasteiger partial charge in [0.05, 0.1) is 5.39 Å². The van der Waals surface area contributed by atoms with Gasteiger partial charge < -0.3 is 0 Å². The number of hydrogen-bond donors (Lipinski definition) is 0. The molecule has 0 amide bonds. The number of halogens is 1. The molecule has 0 aromatic carbocycles. The normalized spacial score (nSPS) is 9.85. The highest BCUT2D eigenvalue weighted by molar-refractivity contribution is 6.33. The molecule has 0 radical (unpaired) electrons. The van der Waals surface area contributed by atoms with Gasteiger partial charge in [0.25, 0.3) is 0 Å². The first-order valence-corrected chi connectivity index (χ1v) is 3.86. The first-order chi connectivity index (χ1) is 6.31. The minimum Gasteiger partial charge on any atom is -0.224 e. The van der Waals surface area contributed by atoms with Crippen molar-refractivity contribution in [1.29, 1.82) is 5.26 Å². The molecule has 4 nitrogen and oxygen atoms in total. The van der Waals surface area contributed by atoms with Crippen LogP contribution in [0.15, 0.2) is 18.5 Å². The summed E-state index contributed by atoms with van der Waals surface area (Å²) in [4.78, 5) is 11.6. The lowest BCUT2D eigenvalue weighted by Crippen LogP contribution is -1.89. The van der Waals surface area contributed by atoms with E-state index in [0.29, 0.717) is 21.9 Å². The van der Waals surface area contributed by atoms with Gasteiger partial charge in [-0.3, -0.25) is 0 Å². The maximum absolute atomic E-state index is 8.58. The van der Waals surface area contributed by atoms with E-state index in [4.69, 9.17) is 16.9 Å². The van der Waals surface area contributed by atoms with Crippen LogP contribution in [0.25, 0.3) is 11.0 Å². The summed E-state index contributed by atoms with van der Waals surface area (Å²) in [6, 6.07) is 5.19. The zero-order chi connectivity index (χ0) is 9.26. The fourth-order valence-corrected chi connectivity index (χ4v) is 1.17. The number of rotatable bonds is 0. The van der Waals surface area contributed by atoms with Crippen molar-refractivity contribution in [3.8, 4) is 6.07 Å². The number of pyridine rings is 1. The average Bonchev–Trinajstić information content (AvgIpc) is 2.18. The van der Waals surface area contributed by atoms with Crippen molar-refractivity contribution in [2.45, 2.75) is 0 Å². The van der Waals surface area contributed by atoms with Gasteiger partial charge >= 0.3 is 0 Å². The van der Waals surface area contributed by atoms with Crippen molar-refractivity contribution in [2.75, 3.05) is 0 Å². The smallest absolute Gasteiger partial charge is 0.165 e. The van der Waals surface area contributed by atoms with Crippen LogP contribution in [0.3, 0.4) is 0 Å². The topological polar surface area (TPSA) is 62.5 Å². The quantitative estimate of drug-likeness (QED) is 0.592. The lowest BCUT2D eigenvalue weighted by Gasteiger charge is -1.96. The van der Waals surface area contributed by atoms with E-state index < -0.39 is 0 Å². The molecule has 0 saturated carbocycles. The molecule has 0 spiro atoms. The maximum atomic E-state index is 8.58. The SMILES string of the molecule is N#Cc1ccc2c(Cl)ncnc2n1. The molecule has 0 aliphatic carbocycles. The van der Waals surface area contributed by atoms with E-state index in [0.717, 1.165) is 0 Å². The Morgan fingerprint density at radius 3 is 2.92 bits per heavy atom. The van der Waals surface area contributed by atoms with Gasteiger partial charge in [-0.05, 0) is 12.1 Å². The van der Waals surface area contributed by atoms with Gasteiger partial charge in [-0.2, -0.15) is 5.26 Å². The summed E-state index contributed by atoms with van der Waals surface area (Å²) < 4.78 is 0. The molecular weight excluding hydrogens is 188 g/mol. The summed E-state index contributed by atoms with van der Waals surface area (Å²) in [6.07, 6.45) is 1.32. The van der Waals surface area contributed by atoms with Gasteiger partial charge in [0.15, 0.2) is 5.65 Å². The molecule has 0 fully saturated rings. The van der Waals surface area contributed by atoms with Crippen LogP contribution in [0.1, 0.15) is 5.69 Å². The largest absolute Gasteiger partial charge is 0.224 e. The average molecular weight is 191 g/mol. The first kappa shape index (κ1) is 7.90. The second-order valence-corrected chi connectivity index (χ2v) is 2.70. The van der Waals surface area contributed by atoms with Gasteiger partial charge in [0.2, 0.25) is 0 Å². The van der Waals surface area contributed by atoms with Gasteiger partial charge in [-0.1, -0.05) is 11.6 Å². The van der Waals surface area contributed by atoms with Crippen molar-refractivity contribution in [3.63, 3.8) is 0 Å². The third kappa shape index (κ3) is 1.30. The second-order valence-electron chi connectivity index (χ2n) is 2.34. The first-order valence-electron chi connectivity index (χ1n) is 3.48. The van der Waals surface area contributed by atoms with Crippen LogP contribution in [0.5, 0.6) is 0 Å². The van der Waals surface area contributed by atoms with Crippen LogP contribution in [-0.4, -0.2) is 15.0 Å². The molecule has 2 heterocycles. The van der Waals surface area contributed by atoms with Gasteiger partial charge in [0.1, 0.15) is 23.2 Å². The van der Waals surface area contributed by atoms with E-state index in [1.54, 1.807) is 12.1 Å². The Kier molecular flexibility index (Phi) is 1.80. The molecule has 0 saturated heterocycles. The third-order valence-corrected chi connectivity index (χ3v) is 1.86. The summed E-state index contributed by atoms with van der Waals surface area (Å²) in [6.45, 7) is 0. The van der Waals surface area contributed by atoms with Gasteiger partial charge in [0, 0.05) is 0 Å². The minimum atomic E-state index is 0.322. The summed E-state index contributed by atoms with van der Waals surface area (Å²) in [5.74, 6) is 0. The van der Waals surface area contributed by atoms with E-state index in [-0.39, 0.29) is 0 Å². The Morgan fingerprint density at radius 2 is 2.15 bits per heavy atom. The van der Waals surface area contributed by atoms with Crippen molar-refractivity contribution < 1.29 is 0 Å². The van der Waals surface area contributed by atoms with Gasteiger partial charge in [-0.25, -0.2) is 15.0 Å². The fraction of sp³-hybridized carbons (Fsp3) is 0. The van der Waals surface area contributed by atoms with E-state index in [1.807, 2.05) is 6.07 Å². The molecule has 5 heteroatoms. The van der Waals surface area contributed by atoms with Crippen molar-refractivity contribution in [1.82, 2.24) is 15.0 Å². The van der Waals surface area contributed by atoms with E-state index in [9.17, 15) is 0 Å². The lowest BCUT2D eigenvalue weighted by atomic mass is 10.3. The van der Waals surface area contributed by atoms with Crippen LogP contribution < -0.4 is 0 Å². The van der Waals surface area contributed by atoms with Crippen LogP contribution in [0.2, 0.25) is 5.15 Å². The summed E-state index contributed by atoms with van der Waals surface area (Å²) in [5, 5.41) is 9.58. The molecule has 0 bridgehead atoms. The Morgan fingerprint density at radius 1 is 1.31 bits per heavy atom. The molecule has 2 aromatic heterocycles. The molecule has 0 atom stereocenters. The predicted molar refractivity (Wildman–Crippen MR) is 47.1 cm³/mol. The van der Waals surface area contributed by atoms with Crippen molar-refractivity contribution >= 4 is 22.6 Å². The second kappa shape index (κ2) is 2.96. The van der Waals surface area contributed by atoms with Crippen LogP contribution >= 0.6 is 11.6 Å². The van der Waals surface area contributed by atoms with E-state index >= 15 is 0 Å². The zero-order valence-corrected chi connectivity index (χ0v) is 7.15. The van der Waals surface area contributed by atoms with E-state index in [1.165, 1.54) is 6.33 Å². The molecule has 13 heavy (non-hydrogen) atoms. The Bertz CT molecular complexity index is 503. The fourth-order valence-electron chi connectivity index (χ4n) is 0.974. The third-order valence-electron chi connectivity index (χ3n) is 1.56. The molecule has 0 N–H and O–H groups in total. The Labute approximate surface area is 78.8 Å². The highest BCUT2D eigenvalue weighted by Crippen LogP contribution is 2.16. The molecule has 2 aromatic rings. The Hall–Kier alpha value is -1.73. The highest BCUT2D eigenvalue weighted by atomic mass is 35.5. The molecular formula is C8H3ClN4. The van der Waals surface area contributed by atoms with Crippen LogP contribution in [0, 0.1) is 11.3 Å². The number of fused-ring (bicyclic) bond motifs is 1. The summed E-state index contributed by atoms with van der Waals surface area (Å²) >= 11 is 5.78. The van der Waals surface area contributed by atoms with Crippen LogP contribution in [-0.2, 0) is 0 Å². The standard InChI is InChI=1S/C8H3ClN4/c9-7-6-2-1-5(3-10)13-8(6)12-4-11-7/h1-2,4H. The molecule has 0 aliphatic rings. The zero-order valence-electron chi connectivity index (χ0n) is 6.40. The minimum absolute atomic E-state index is 0.322. The Balaban J connectivity index is 2.82. The number of nitriles is 1. The number of hydrogen-bond acceptors (Lipinski definition) is 4. The van der Waals surface area contributed by atoms with E-state index in [2.05, 4.69) is 15.0 Å². The predicted octanol–water partition coefficient (Wildman–Crippen LogP) is 1.55. The lowest BCUT2D eigenvalue weighted by molar-refractivity contribution is 1.17. The molecule has 2 rings (SSSR count). The van der Waals surface area contributed by atoms with Crippen molar-refractivity contribution in [3.05, 3.63) is 29.3 Å². The summed E-state index contributed by atoms with van der Waals surface area (Å²) in [7, 11) is 0. The monoisotopic (exact) mass is 190 g/mol. The summed E-state index contributed by atoms with van der Waals surface area (Å²) in [5.41, 5.74) is 0.765. The highest BCUT2D eigenvalue weighted by Gasteiger charge is 2.02. The maximum Gasteiger partial charge on any atom is 0.165 e. The number of nitrogens with zero attached hydrogens (tertiary/aromatic N) is 4. The molecule has 62 valence electrons. The molecule has 0 unspecified atom stereocenters. The van der Waals surface area contributed by atoms with Crippen LogP contribution in [0.4, 0.5) is 0 Å². The molecule has 0 aliphatic heterocycles. The van der Waals surface area contributed by atoms with Gasteiger partial charge in [-0.15, -0.1) is 0 Å².